The van der Waals surface area contributed by atoms with Gasteiger partial charge in [-0.3, -0.25) is 9.78 Å². The minimum atomic E-state index is -0.357. The molecule has 2 aromatic carbocycles. The van der Waals surface area contributed by atoms with Crippen molar-refractivity contribution in [2.24, 2.45) is 0 Å². The molecule has 0 radical (unpaired) electrons. The van der Waals surface area contributed by atoms with Crippen LogP contribution in [0.15, 0.2) is 59.5 Å². The van der Waals surface area contributed by atoms with Crippen LogP contribution in [0.25, 0.3) is 0 Å². The van der Waals surface area contributed by atoms with Crippen LogP contribution in [0.4, 0.5) is 4.39 Å². The molecular weight excluding hydrogens is 315 g/mol. The number of hydrogen-bond donors (Lipinski definition) is 2. The predicted octanol–water partition coefficient (Wildman–Crippen LogP) is 3.95. The van der Waals surface area contributed by atoms with E-state index in [2.05, 4.69) is 9.97 Å². The Balaban J connectivity index is 1.82. The lowest BCUT2D eigenvalue weighted by Gasteiger charge is -2.08. The fourth-order valence-electron chi connectivity index (χ4n) is 2.17. The van der Waals surface area contributed by atoms with E-state index in [-0.39, 0.29) is 11.4 Å². The summed E-state index contributed by atoms with van der Waals surface area (Å²) in [6.45, 7) is 0. The van der Waals surface area contributed by atoms with Gasteiger partial charge in [-0.05, 0) is 42.0 Å². The van der Waals surface area contributed by atoms with Crippen molar-refractivity contribution in [1.82, 2.24) is 9.97 Å². The second kappa shape index (κ2) is 6.58. The third-order valence-corrected chi connectivity index (χ3v) is 3.44. The first kappa shape index (κ1) is 15.2. The summed E-state index contributed by atoms with van der Waals surface area (Å²) >= 11 is 4.87. The van der Waals surface area contributed by atoms with Crippen LogP contribution >= 0.6 is 12.2 Å². The molecule has 1 heterocycles. The summed E-state index contributed by atoms with van der Waals surface area (Å²) in [7, 11) is 0. The molecule has 23 heavy (non-hydrogen) atoms. The summed E-state index contributed by atoms with van der Waals surface area (Å²) in [5.41, 5.74) is 1.25. The molecule has 1 aromatic heterocycles. The van der Waals surface area contributed by atoms with Crippen LogP contribution < -0.4 is 10.3 Å². The van der Waals surface area contributed by atoms with E-state index in [0.717, 1.165) is 5.56 Å². The second-order valence-electron chi connectivity index (χ2n) is 4.98. The van der Waals surface area contributed by atoms with Crippen LogP contribution in [0, 0.1) is 10.6 Å². The zero-order chi connectivity index (χ0) is 16.2. The molecule has 0 saturated carbocycles. The van der Waals surface area contributed by atoms with Crippen molar-refractivity contribution < 1.29 is 9.13 Å². The topological polar surface area (TPSA) is 57.9 Å². The molecular formula is C17H13FN2O2S. The fraction of sp³-hybridized carbons (Fsp3) is 0.0588. The second-order valence-corrected chi connectivity index (χ2v) is 5.39. The number of ether oxygens (including phenoxy) is 1. The fourth-order valence-corrected chi connectivity index (χ4v) is 2.33. The van der Waals surface area contributed by atoms with Crippen LogP contribution in [0.2, 0.25) is 0 Å². The van der Waals surface area contributed by atoms with E-state index in [9.17, 15) is 9.18 Å². The zero-order valence-corrected chi connectivity index (χ0v) is 12.8. The van der Waals surface area contributed by atoms with Crippen molar-refractivity contribution >= 4 is 12.2 Å². The van der Waals surface area contributed by atoms with Gasteiger partial charge >= 0.3 is 0 Å². The largest absolute Gasteiger partial charge is 0.457 e. The molecule has 0 aliphatic heterocycles. The summed E-state index contributed by atoms with van der Waals surface area (Å²) in [5, 5.41) is 0. The number of benzene rings is 2. The Labute approximate surface area is 136 Å². The van der Waals surface area contributed by atoms with Crippen LogP contribution in [0.3, 0.4) is 0 Å². The van der Waals surface area contributed by atoms with Crippen molar-refractivity contribution in [3.63, 3.8) is 0 Å². The first-order valence-corrected chi connectivity index (χ1v) is 7.34. The molecule has 4 nitrogen and oxygen atoms in total. The highest BCUT2D eigenvalue weighted by Gasteiger charge is 2.04. The molecule has 116 valence electrons. The van der Waals surface area contributed by atoms with Crippen LogP contribution in [-0.2, 0) is 6.42 Å². The van der Waals surface area contributed by atoms with Gasteiger partial charge < -0.3 is 9.72 Å². The molecule has 0 aliphatic carbocycles. The number of rotatable bonds is 4. The number of halogens is 1. The van der Waals surface area contributed by atoms with E-state index < -0.39 is 0 Å². The number of nitrogens with one attached hydrogen (secondary N) is 2. The van der Waals surface area contributed by atoms with Crippen LogP contribution in [-0.4, -0.2) is 9.97 Å². The summed E-state index contributed by atoms with van der Waals surface area (Å²) in [6, 6.07) is 13.2. The Morgan fingerprint density at radius 1 is 1.09 bits per heavy atom. The molecule has 0 spiro atoms. The molecule has 2 N–H and O–H groups in total. The molecule has 3 rings (SSSR count). The van der Waals surface area contributed by atoms with E-state index >= 15 is 0 Å². The molecule has 0 bridgehead atoms. The summed E-state index contributed by atoms with van der Waals surface area (Å²) in [6.07, 6.45) is 2.03. The monoisotopic (exact) mass is 328 g/mol. The highest BCUT2D eigenvalue weighted by molar-refractivity contribution is 7.71. The van der Waals surface area contributed by atoms with Crippen molar-refractivity contribution in [1.29, 1.82) is 0 Å². The molecule has 3 aromatic rings. The van der Waals surface area contributed by atoms with Gasteiger partial charge in [0, 0.05) is 24.2 Å². The van der Waals surface area contributed by atoms with Crippen molar-refractivity contribution in [2.75, 3.05) is 0 Å². The van der Waals surface area contributed by atoms with Crippen molar-refractivity contribution in [3.8, 4) is 11.5 Å². The van der Waals surface area contributed by atoms with Gasteiger partial charge in [0.25, 0.3) is 5.56 Å². The maximum absolute atomic E-state index is 13.2. The van der Waals surface area contributed by atoms with Gasteiger partial charge in [-0.2, -0.15) is 0 Å². The van der Waals surface area contributed by atoms with E-state index in [4.69, 9.17) is 17.0 Å². The maximum Gasteiger partial charge on any atom is 0.255 e. The third kappa shape index (κ3) is 3.92. The lowest BCUT2D eigenvalue weighted by atomic mass is 10.1. The molecule has 6 heteroatoms. The van der Waals surface area contributed by atoms with Gasteiger partial charge in [-0.25, -0.2) is 4.39 Å². The molecule has 0 saturated heterocycles. The molecule has 0 atom stereocenters. The zero-order valence-electron chi connectivity index (χ0n) is 12.0. The Bertz CT molecular complexity index is 949. The van der Waals surface area contributed by atoms with Gasteiger partial charge in [0.15, 0.2) is 4.77 Å². The number of aromatic nitrogens is 2. The minimum absolute atomic E-state index is 0.217. The number of H-pyrrole nitrogens is 2. The van der Waals surface area contributed by atoms with Gasteiger partial charge in [0.2, 0.25) is 0 Å². The van der Waals surface area contributed by atoms with E-state index in [1.54, 1.807) is 24.4 Å². The van der Waals surface area contributed by atoms with E-state index in [1.165, 1.54) is 12.1 Å². The highest BCUT2D eigenvalue weighted by atomic mass is 32.1. The van der Waals surface area contributed by atoms with Gasteiger partial charge in [0.1, 0.15) is 17.3 Å². The number of aromatic amines is 2. The van der Waals surface area contributed by atoms with Crippen LogP contribution in [0.1, 0.15) is 11.1 Å². The van der Waals surface area contributed by atoms with E-state index in [1.807, 2.05) is 18.2 Å². The van der Waals surface area contributed by atoms with Crippen molar-refractivity contribution in [2.45, 2.75) is 6.42 Å². The average molecular weight is 328 g/mol. The Hall–Kier alpha value is -2.73. The minimum Gasteiger partial charge on any atom is -0.457 e. The van der Waals surface area contributed by atoms with Gasteiger partial charge in [-0.15, -0.1) is 0 Å². The highest BCUT2D eigenvalue weighted by Crippen LogP contribution is 2.23. The summed E-state index contributed by atoms with van der Waals surface area (Å²) in [5.74, 6) is 0.641. The smallest absolute Gasteiger partial charge is 0.255 e. The Morgan fingerprint density at radius 3 is 2.57 bits per heavy atom. The normalized spacial score (nSPS) is 10.5. The van der Waals surface area contributed by atoms with Gasteiger partial charge in [0.05, 0.1) is 0 Å². The molecule has 0 unspecified atom stereocenters. The summed E-state index contributed by atoms with van der Waals surface area (Å²) in [4.78, 5) is 17.2. The SMILES string of the molecule is O=c1[nH]c(=S)[nH]cc1Cc1cccc(Oc2cccc(F)c2)c1. The number of hydrogen-bond acceptors (Lipinski definition) is 3. The standard InChI is InChI=1S/C17H13FN2O2S/c18-13-4-2-6-15(9-13)22-14-5-1-3-11(8-14)7-12-10-19-17(23)20-16(12)21/h1-6,8-10H,7H2,(H2,19,20,21,23). The Kier molecular flexibility index (Phi) is 4.34. The Morgan fingerprint density at radius 2 is 1.83 bits per heavy atom. The maximum atomic E-state index is 13.2. The van der Waals surface area contributed by atoms with E-state index in [0.29, 0.717) is 28.3 Å². The lowest BCUT2D eigenvalue weighted by molar-refractivity contribution is 0.476. The first-order chi connectivity index (χ1) is 11.1. The first-order valence-electron chi connectivity index (χ1n) is 6.93. The van der Waals surface area contributed by atoms with Crippen LogP contribution in [0.5, 0.6) is 11.5 Å². The predicted molar refractivity (Wildman–Crippen MR) is 88.0 cm³/mol. The lowest BCUT2D eigenvalue weighted by Crippen LogP contribution is -2.13. The molecule has 0 amide bonds. The molecule has 0 aliphatic rings. The quantitative estimate of drug-likeness (QED) is 0.713. The summed E-state index contributed by atoms with van der Waals surface area (Å²) < 4.78 is 19.1. The average Bonchev–Trinajstić information content (AvgIpc) is 2.51. The van der Waals surface area contributed by atoms with Gasteiger partial charge in [-0.1, -0.05) is 18.2 Å². The molecule has 0 fully saturated rings. The van der Waals surface area contributed by atoms with Crippen molar-refractivity contribution in [3.05, 3.63) is 86.8 Å². The third-order valence-electron chi connectivity index (χ3n) is 3.22.